The first-order valence-corrected chi connectivity index (χ1v) is 15.1. The van der Waals surface area contributed by atoms with E-state index >= 15 is 0 Å². The fraction of sp³-hybridized carbons (Fsp3) is 0.692. The summed E-state index contributed by atoms with van der Waals surface area (Å²) in [7, 11) is -1.85. The Kier molecular flexibility index (Phi) is 12.1. The van der Waals surface area contributed by atoms with Gasteiger partial charge in [0, 0.05) is 6.42 Å². The maximum absolute atomic E-state index is 6.84. The van der Waals surface area contributed by atoms with Crippen LogP contribution >= 0.6 is 0 Å². The third kappa shape index (κ3) is 10.3. The Hall–Kier alpha value is -0.998. The van der Waals surface area contributed by atoms with Crippen molar-refractivity contribution in [3.63, 3.8) is 0 Å². The normalized spacial score (nSPS) is 13.2. The topological polar surface area (TPSA) is 18.5 Å². The molecule has 0 heterocycles. The Balaban J connectivity index is 2.79. The third-order valence-electron chi connectivity index (χ3n) is 6.41. The molecular formula is C26H47BO2Si. The lowest BCUT2D eigenvalue weighted by molar-refractivity contribution is 0.158. The van der Waals surface area contributed by atoms with E-state index in [1.165, 1.54) is 31.2 Å². The van der Waals surface area contributed by atoms with Gasteiger partial charge in [-0.3, -0.25) is 0 Å². The zero-order valence-electron chi connectivity index (χ0n) is 20.9. The summed E-state index contributed by atoms with van der Waals surface area (Å²) in [6, 6.07) is 10.7. The maximum Gasteiger partial charge on any atom is 0.357 e. The average Bonchev–Trinajstić information content (AvgIpc) is 2.67. The van der Waals surface area contributed by atoms with Crippen molar-refractivity contribution >= 4 is 15.2 Å². The van der Waals surface area contributed by atoms with Gasteiger partial charge in [0.1, 0.15) is 0 Å². The lowest BCUT2D eigenvalue weighted by Crippen LogP contribution is -2.44. The fourth-order valence-corrected chi connectivity index (χ4v) is 4.82. The zero-order chi connectivity index (χ0) is 22.6. The molecule has 0 aromatic heterocycles. The van der Waals surface area contributed by atoms with E-state index in [1.807, 2.05) is 0 Å². The first kappa shape index (κ1) is 27.0. The van der Waals surface area contributed by atoms with Crippen molar-refractivity contribution in [3.05, 3.63) is 48.2 Å². The summed E-state index contributed by atoms with van der Waals surface area (Å²) in [5, 5.41) is 0.199. The van der Waals surface area contributed by atoms with Crippen molar-refractivity contribution in [2.24, 2.45) is 0 Å². The molecule has 1 atom stereocenters. The molecule has 1 aromatic carbocycles. The summed E-state index contributed by atoms with van der Waals surface area (Å²) in [5.41, 5.74) is 1.37. The zero-order valence-corrected chi connectivity index (χ0v) is 21.9. The summed E-state index contributed by atoms with van der Waals surface area (Å²) in [5.74, 6) is 0.906. The van der Waals surface area contributed by atoms with Gasteiger partial charge in [-0.15, -0.1) is 0 Å². The minimum Gasteiger partial charge on any atom is -0.564 e. The van der Waals surface area contributed by atoms with E-state index in [0.717, 1.165) is 37.7 Å². The van der Waals surface area contributed by atoms with Gasteiger partial charge in [-0.2, -0.15) is 0 Å². The highest BCUT2D eigenvalue weighted by atomic mass is 28.4. The first-order valence-electron chi connectivity index (χ1n) is 12.1. The molecule has 0 spiro atoms. The molecule has 0 saturated heterocycles. The van der Waals surface area contributed by atoms with Crippen LogP contribution in [0, 0.1) is 0 Å². The van der Waals surface area contributed by atoms with E-state index in [1.54, 1.807) is 0 Å². The van der Waals surface area contributed by atoms with E-state index < -0.39 is 8.32 Å². The molecule has 0 unspecified atom stereocenters. The Labute approximate surface area is 189 Å². The van der Waals surface area contributed by atoms with Gasteiger partial charge in [0.15, 0.2) is 8.32 Å². The van der Waals surface area contributed by atoms with Crippen LogP contribution in [0.2, 0.25) is 30.8 Å². The summed E-state index contributed by atoms with van der Waals surface area (Å²) in [6.45, 7) is 20.7. The predicted molar refractivity (Wildman–Crippen MR) is 137 cm³/mol. The van der Waals surface area contributed by atoms with Gasteiger partial charge >= 0.3 is 6.92 Å². The molecule has 0 saturated carbocycles. The lowest BCUT2D eigenvalue weighted by Gasteiger charge is -2.39. The molecule has 0 bridgehead atoms. The van der Waals surface area contributed by atoms with Gasteiger partial charge in [0.25, 0.3) is 0 Å². The minimum atomic E-state index is -1.85. The van der Waals surface area contributed by atoms with Crippen LogP contribution in [0.4, 0.5) is 0 Å². The molecule has 0 aliphatic heterocycles. The smallest absolute Gasteiger partial charge is 0.357 e. The molecule has 170 valence electrons. The molecule has 0 aliphatic carbocycles. The van der Waals surface area contributed by atoms with Crippen molar-refractivity contribution in [3.8, 4) is 0 Å². The van der Waals surface area contributed by atoms with E-state index in [4.69, 9.17) is 9.08 Å². The first-order chi connectivity index (χ1) is 14.1. The number of rotatable bonds is 15. The van der Waals surface area contributed by atoms with Crippen LogP contribution in [0.3, 0.4) is 0 Å². The van der Waals surface area contributed by atoms with Crippen LogP contribution in [-0.4, -0.2) is 21.3 Å². The maximum atomic E-state index is 6.84. The van der Waals surface area contributed by atoms with Crippen molar-refractivity contribution in [2.45, 2.75) is 116 Å². The standard InChI is InChI=1S/C26H47BO2Si/c1-9-11-20-27(21-12-10-2)28-23(3)22-25(29-30(7,8)26(4,5)6)19-18-24-16-14-13-15-17-24/h13-17,25H,3,9-12,18-22H2,1-2,4-8H3/t25-/m1/s1. The van der Waals surface area contributed by atoms with Crippen molar-refractivity contribution in [2.75, 3.05) is 0 Å². The highest BCUT2D eigenvalue weighted by Gasteiger charge is 2.39. The Bertz CT molecular complexity index is 587. The summed E-state index contributed by atoms with van der Waals surface area (Å²) >= 11 is 0. The summed E-state index contributed by atoms with van der Waals surface area (Å²) < 4.78 is 13.2. The van der Waals surface area contributed by atoms with Crippen LogP contribution in [0.5, 0.6) is 0 Å². The second-order valence-corrected chi connectivity index (χ2v) is 15.0. The summed E-state index contributed by atoms with van der Waals surface area (Å²) in [4.78, 5) is 0. The average molecular weight is 431 g/mol. The largest absolute Gasteiger partial charge is 0.564 e. The minimum absolute atomic E-state index is 0.164. The van der Waals surface area contributed by atoms with Crippen molar-refractivity contribution in [1.29, 1.82) is 0 Å². The molecule has 1 aromatic rings. The SMILES string of the molecule is C=C(C[C@@H](CCc1ccccc1)O[Si](C)(C)C(C)(C)C)OB(CCCC)CCCC. The van der Waals surface area contributed by atoms with Gasteiger partial charge < -0.3 is 9.08 Å². The second kappa shape index (κ2) is 13.4. The Morgan fingerprint density at radius 3 is 2.10 bits per heavy atom. The van der Waals surface area contributed by atoms with Crippen LogP contribution in [0.25, 0.3) is 0 Å². The summed E-state index contributed by atoms with van der Waals surface area (Å²) in [6.07, 6.45) is 10.1. The van der Waals surface area contributed by atoms with Crippen LogP contribution in [-0.2, 0) is 15.5 Å². The van der Waals surface area contributed by atoms with E-state index in [-0.39, 0.29) is 11.1 Å². The third-order valence-corrected chi connectivity index (χ3v) is 10.9. The second-order valence-electron chi connectivity index (χ2n) is 10.3. The lowest BCUT2D eigenvalue weighted by atomic mass is 9.59. The van der Waals surface area contributed by atoms with Crippen LogP contribution in [0.1, 0.15) is 78.7 Å². The molecule has 0 fully saturated rings. The predicted octanol–water partition coefficient (Wildman–Crippen LogP) is 8.52. The number of hydrogen-bond acceptors (Lipinski definition) is 2. The molecule has 30 heavy (non-hydrogen) atoms. The van der Waals surface area contributed by atoms with Gasteiger partial charge in [0.05, 0.1) is 11.9 Å². The molecule has 2 nitrogen and oxygen atoms in total. The number of aryl methyl sites for hydroxylation is 1. The number of benzene rings is 1. The van der Waals surface area contributed by atoms with E-state index in [2.05, 4.69) is 84.6 Å². The quantitative estimate of drug-likeness (QED) is 0.205. The molecule has 0 radical (unpaired) electrons. The van der Waals surface area contributed by atoms with Crippen LogP contribution in [0.15, 0.2) is 42.7 Å². The molecule has 0 aliphatic rings. The van der Waals surface area contributed by atoms with E-state index in [9.17, 15) is 0 Å². The molecule has 1 rings (SSSR count). The molecule has 4 heteroatoms. The van der Waals surface area contributed by atoms with E-state index in [0.29, 0.717) is 6.92 Å². The Morgan fingerprint density at radius 1 is 1.03 bits per heavy atom. The van der Waals surface area contributed by atoms with Crippen molar-refractivity contribution < 1.29 is 9.08 Å². The molecular weight excluding hydrogens is 383 g/mol. The molecule has 0 amide bonds. The Morgan fingerprint density at radius 2 is 1.60 bits per heavy atom. The van der Waals surface area contributed by atoms with Gasteiger partial charge in [-0.1, -0.05) is 97.2 Å². The van der Waals surface area contributed by atoms with Gasteiger partial charge in [0.2, 0.25) is 0 Å². The van der Waals surface area contributed by atoms with Crippen LogP contribution < -0.4 is 0 Å². The van der Waals surface area contributed by atoms with Gasteiger partial charge in [-0.25, -0.2) is 0 Å². The van der Waals surface area contributed by atoms with Crippen molar-refractivity contribution in [1.82, 2.24) is 0 Å². The fourth-order valence-electron chi connectivity index (χ4n) is 3.43. The number of hydrogen-bond donors (Lipinski definition) is 0. The van der Waals surface area contributed by atoms with Gasteiger partial charge in [-0.05, 0) is 49.2 Å². The molecule has 0 N–H and O–H groups in total. The monoisotopic (exact) mass is 430 g/mol. The number of unbranched alkanes of at least 4 members (excludes halogenated alkanes) is 2. The highest BCUT2D eigenvalue weighted by molar-refractivity contribution is 6.74. The highest BCUT2D eigenvalue weighted by Crippen LogP contribution is 2.38.